The lowest BCUT2D eigenvalue weighted by Gasteiger charge is -2.39. The van der Waals surface area contributed by atoms with Gasteiger partial charge < -0.3 is 29.8 Å². The fraction of sp³-hybridized carbons (Fsp3) is 0.429. The number of hydrogen-bond donors (Lipinski definition) is 3. The molecular formula is C28H34N6O5. The highest BCUT2D eigenvalue weighted by molar-refractivity contribution is 5.94. The molecule has 11 heteroatoms. The Balaban J connectivity index is 1.08. The van der Waals surface area contributed by atoms with Crippen LogP contribution in [0.1, 0.15) is 39.7 Å². The topological polar surface area (TPSA) is 133 Å². The maximum Gasteiger partial charge on any atom is 0.251 e. The maximum atomic E-state index is 12.7. The molecule has 2 amide bonds. The summed E-state index contributed by atoms with van der Waals surface area (Å²) in [6.07, 6.45) is 4.77. The van der Waals surface area contributed by atoms with Crippen molar-refractivity contribution >= 4 is 17.6 Å². The summed E-state index contributed by atoms with van der Waals surface area (Å²) < 4.78 is 11.2. The van der Waals surface area contributed by atoms with E-state index < -0.39 is 6.10 Å². The summed E-state index contributed by atoms with van der Waals surface area (Å²) in [4.78, 5) is 36.2. The van der Waals surface area contributed by atoms with Crippen molar-refractivity contribution in [3.63, 3.8) is 0 Å². The smallest absolute Gasteiger partial charge is 0.251 e. The van der Waals surface area contributed by atoms with Gasteiger partial charge in [0.05, 0.1) is 18.3 Å². The molecule has 4 heterocycles. The Bertz CT molecular complexity index is 1310. The van der Waals surface area contributed by atoms with Crippen LogP contribution in [0, 0.1) is 6.92 Å². The highest BCUT2D eigenvalue weighted by Crippen LogP contribution is 2.30. The third kappa shape index (κ3) is 6.55. The third-order valence-corrected chi connectivity index (χ3v) is 7.24. The second-order valence-corrected chi connectivity index (χ2v) is 10.1. The first-order chi connectivity index (χ1) is 18.9. The molecule has 3 N–H and O–H groups in total. The third-order valence-electron chi connectivity index (χ3n) is 7.24. The van der Waals surface area contributed by atoms with Crippen molar-refractivity contribution in [3.8, 4) is 5.75 Å². The summed E-state index contributed by atoms with van der Waals surface area (Å²) in [5.41, 5.74) is 4.09. The van der Waals surface area contributed by atoms with Crippen LogP contribution in [0.3, 0.4) is 0 Å². The van der Waals surface area contributed by atoms with E-state index in [0.29, 0.717) is 43.4 Å². The number of likely N-dealkylation sites (tertiary alicyclic amines) is 1. The minimum absolute atomic E-state index is 0.0514. The lowest BCUT2D eigenvalue weighted by molar-refractivity contribution is -0.132. The van der Waals surface area contributed by atoms with E-state index in [-0.39, 0.29) is 24.4 Å². The number of benzene rings is 1. The molecule has 0 saturated carbocycles. The molecule has 1 atom stereocenters. The molecule has 1 saturated heterocycles. The molecule has 0 aliphatic carbocycles. The van der Waals surface area contributed by atoms with Crippen molar-refractivity contribution in [1.82, 2.24) is 25.1 Å². The number of carbonyl (C=O) groups is 2. The molecule has 0 unspecified atom stereocenters. The summed E-state index contributed by atoms with van der Waals surface area (Å²) in [5.74, 6) is 1.88. The fourth-order valence-corrected chi connectivity index (χ4v) is 5.01. The quantitative estimate of drug-likeness (QED) is 0.356. The van der Waals surface area contributed by atoms with Gasteiger partial charge in [-0.15, -0.1) is 0 Å². The number of rotatable bonds is 10. The number of nitrogens with one attached hydrogen (secondary N) is 2. The standard InChI is InChI=1S/C28H34N6O5/c1-18-25-6-8-33(12-21(25)3-4-26(18)38-16-24-11-29-17-39-24)15-23(36)10-31-28(37)20-5-7-30-27(9-20)32-22-13-34(14-22)19(2)35/h3-5,7,9,11,17,22-23,36H,6,8,10,12-16H2,1-2H3,(H,30,32)(H,31,37)/t23-/m0/s1. The van der Waals surface area contributed by atoms with E-state index in [2.05, 4.69) is 38.5 Å². The Morgan fingerprint density at radius 1 is 1.28 bits per heavy atom. The molecule has 0 bridgehead atoms. The Hall–Kier alpha value is -3.96. The number of nitrogens with zero attached hydrogens (tertiary/aromatic N) is 4. The van der Waals surface area contributed by atoms with Crippen LogP contribution in [0.5, 0.6) is 5.75 Å². The van der Waals surface area contributed by atoms with Crippen molar-refractivity contribution in [2.24, 2.45) is 0 Å². The molecular weight excluding hydrogens is 500 g/mol. The molecule has 2 aliphatic heterocycles. The Morgan fingerprint density at radius 3 is 2.90 bits per heavy atom. The molecule has 5 rings (SSSR count). The van der Waals surface area contributed by atoms with Gasteiger partial charge in [-0.1, -0.05) is 6.07 Å². The number of fused-ring (bicyclic) bond motifs is 1. The van der Waals surface area contributed by atoms with Crippen LogP contribution >= 0.6 is 0 Å². The molecule has 206 valence electrons. The van der Waals surface area contributed by atoms with Gasteiger partial charge in [0.2, 0.25) is 5.91 Å². The summed E-state index contributed by atoms with van der Waals surface area (Å²) >= 11 is 0. The molecule has 3 aromatic rings. The molecule has 0 radical (unpaired) electrons. The van der Waals surface area contributed by atoms with Gasteiger partial charge in [0.25, 0.3) is 5.91 Å². The van der Waals surface area contributed by atoms with Crippen molar-refractivity contribution in [1.29, 1.82) is 0 Å². The van der Waals surface area contributed by atoms with Crippen LogP contribution in [0.15, 0.2) is 47.5 Å². The highest BCUT2D eigenvalue weighted by Gasteiger charge is 2.28. The number of aliphatic hydroxyl groups is 1. The molecule has 11 nitrogen and oxygen atoms in total. The first-order valence-corrected chi connectivity index (χ1v) is 13.1. The van der Waals surface area contributed by atoms with Crippen LogP contribution in [0.2, 0.25) is 0 Å². The second-order valence-electron chi connectivity index (χ2n) is 10.1. The zero-order valence-electron chi connectivity index (χ0n) is 22.2. The van der Waals surface area contributed by atoms with E-state index in [9.17, 15) is 14.7 Å². The number of oxazole rings is 1. The normalized spacial score (nSPS) is 16.2. The summed E-state index contributed by atoms with van der Waals surface area (Å²) in [6.45, 7) is 7.35. The first kappa shape index (κ1) is 26.6. The monoisotopic (exact) mass is 534 g/mol. The second kappa shape index (κ2) is 11.8. The van der Waals surface area contributed by atoms with Crippen molar-refractivity contribution in [2.45, 2.75) is 45.6 Å². The molecule has 0 spiro atoms. The van der Waals surface area contributed by atoms with E-state index >= 15 is 0 Å². The fourth-order valence-electron chi connectivity index (χ4n) is 5.01. The molecule has 39 heavy (non-hydrogen) atoms. The van der Waals surface area contributed by atoms with E-state index in [1.807, 2.05) is 6.07 Å². The Morgan fingerprint density at radius 2 is 2.13 bits per heavy atom. The van der Waals surface area contributed by atoms with Crippen LogP contribution in [0.4, 0.5) is 5.82 Å². The number of ether oxygens (including phenoxy) is 1. The lowest BCUT2D eigenvalue weighted by atomic mass is 9.94. The largest absolute Gasteiger partial charge is 0.485 e. The zero-order valence-corrected chi connectivity index (χ0v) is 22.2. The highest BCUT2D eigenvalue weighted by atomic mass is 16.5. The number of anilines is 1. The summed E-state index contributed by atoms with van der Waals surface area (Å²) in [5, 5.41) is 16.7. The van der Waals surface area contributed by atoms with Gasteiger partial charge in [0.1, 0.15) is 18.2 Å². The minimum Gasteiger partial charge on any atom is -0.485 e. The van der Waals surface area contributed by atoms with Gasteiger partial charge in [0.15, 0.2) is 12.2 Å². The Kier molecular flexibility index (Phi) is 8.08. The van der Waals surface area contributed by atoms with Crippen molar-refractivity contribution in [2.75, 3.05) is 38.0 Å². The number of aromatic nitrogens is 2. The number of aliphatic hydroxyl groups excluding tert-OH is 1. The van der Waals surface area contributed by atoms with E-state index in [4.69, 9.17) is 9.15 Å². The average molecular weight is 535 g/mol. The maximum absolute atomic E-state index is 12.7. The Labute approximate surface area is 227 Å². The van der Waals surface area contributed by atoms with E-state index in [1.54, 1.807) is 36.4 Å². The SMILES string of the molecule is CC(=O)N1CC(Nc2cc(C(=O)NC[C@H](O)CN3CCc4c(ccc(OCc5cnco5)c4C)C3)ccn2)C1. The first-order valence-electron chi connectivity index (χ1n) is 13.1. The predicted molar refractivity (Wildman–Crippen MR) is 143 cm³/mol. The van der Waals surface area contributed by atoms with E-state index in [0.717, 1.165) is 30.8 Å². The predicted octanol–water partition coefficient (Wildman–Crippen LogP) is 1.75. The van der Waals surface area contributed by atoms with Gasteiger partial charge in [-0.2, -0.15) is 0 Å². The average Bonchev–Trinajstić information content (AvgIpc) is 3.42. The van der Waals surface area contributed by atoms with Crippen molar-refractivity contribution < 1.29 is 23.8 Å². The van der Waals surface area contributed by atoms with Gasteiger partial charge in [0, 0.05) is 58.0 Å². The minimum atomic E-state index is -0.701. The molecule has 1 fully saturated rings. The number of hydrogen-bond acceptors (Lipinski definition) is 9. The lowest BCUT2D eigenvalue weighted by Crippen LogP contribution is -2.56. The van der Waals surface area contributed by atoms with Gasteiger partial charge in [-0.05, 0) is 48.2 Å². The molecule has 2 aliphatic rings. The number of carbonyl (C=O) groups excluding carboxylic acids is 2. The number of pyridine rings is 1. The van der Waals surface area contributed by atoms with Crippen molar-refractivity contribution in [3.05, 3.63) is 71.1 Å². The van der Waals surface area contributed by atoms with Crippen LogP contribution in [-0.4, -0.2) is 81.6 Å². The van der Waals surface area contributed by atoms with Gasteiger partial charge in [-0.25, -0.2) is 9.97 Å². The summed E-state index contributed by atoms with van der Waals surface area (Å²) in [6, 6.07) is 7.51. The van der Waals surface area contributed by atoms with E-state index in [1.165, 1.54) is 17.5 Å². The van der Waals surface area contributed by atoms with Crippen LogP contribution in [0.25, 0.3) is 0 Å². The number of amides is 2. The summed E-state index contributed by atoms with van der Waals surface area (Å²) in [7, 11) is 0. The van der Waals surface area contributed by atoms with Gasteiger partial charge >= 0.3 is 0 Å². The van der Waals surface area contributed by atoms with Crippen LogP contribution in [-0.2, 0) is 24.4 Å². The number of β-amino-alcohol motifs (C(OH)–C–C–N with tert-alkyl or cyclic N) is 1. The molecule has 1 aromatic carbocycles. The van der Waals surface area contributed by atoms with Crippen LogP contribution < -0.4 is 15.4 Å². The molecule has 2 aromatic heterocycles. The zero-order chi connectivity index (χ0) is 27.4. The van der Waals surface area contributed by atoms with Gasteiger partial charge in [-0.3, -0.25) is 14.5 Å².